The molecule has 0 saturated heterocycles. The lowest BCUT2D eigenvalue weighted by atomic mass is 10.3. The normalized spacial score (nSPS) is 11.4. The molecule has 0 aliphatic carbocycles. The Kier molecular flexibility index (Phi) is 6.91. The van der Waals surface area contributed by atoms with Crippen molar-refractivity contribution in [1.82, 2.24) is 4.90 Å². The lowest BCUT2D eigenvalue weighted by Crippen LogP contribution is -2.42. The number of amides is 1. The topological polar surface area (TPSA) is 72.9 Å². The Labute approximate surface area is 94.5 Å². The smallest absolute Gasteiger partial charge is 0.328 e. The second kappa shape index (κ2) is 7.67. The van der Waals surface area contributed by atoms with Gasteiger partial charge in [-0.1, -0.05) is 0 Å². The molecule has 1 atom stereocenters. The molecule has 0 rings (SSSR count). The Morgan fingerprint density at radius 2 is 1.81 bits per heavy atom. The number of ether oxygens (including phenoxy) is 2. The van der Waals surface area contributed by atoms with Crippen molar-refractivity contribution < 1.29 is 23.9 Å². The average Bonchev–Trinajstić information content (AvgIpc) is 2.25. The molecule has 16 heavy (non-hydrogen) atoms. The molecule has 1 amide bonds. The molecular formula is C10H17NO5. The minimum Gasteiger partial charge on any atom is -0.465 e. The second-order valence-electron chi connectivity index (χ2n) is 3.01. The van der Waals surface area contributed by atoms with E-state index < -0.39 is 18.0 Å². The van der Waals surface area contributed by atoms with Crippen LogP contribution in [0.15, 0.2) is 0 Å². The van der Waals surface area contributed by atoms with Crippen molar-refractivity contribution in [3.63, 3.8) is 0 Å². The number of hydrogen-bond acceptors (Lipinski definition) is 5. The van der Waals surface area contributed by atoms with E-state index in [1.165, 1.54) is 6.92 Å². The molecule has 0 aliphatic heterocycles. The van der Waals surface area contributed by atoms with Gasteiger partial charge in [-0.25, -0.2) is 4.79 Å². The number of carbonyl (C=O) groups excluding carboxylic acids is 3. The van der Waals surface area contributed by atoms with Gasteiger partial charge in [0.25, 0.3) is 0 Å². The molecule has 0 saturated carbocycles. The van der Waals surface area contributed by atoms with Gasteiger partial charge in [0, 0.05) is 0 Å². The van der Waals surface area contributed by atoms with Crippen LogP contribution in [-0.2, 0) is 23.9 Å². The van der Waals surface area contributed by atoms with Crippen LogP contribution >= 0.6 is 0 Å². The van der Waals surface area contributed by atoms with Crippen molar-refractivity contribution in [3.8, 4) is 0 Å². The standard InChI is InChI=1S/C10H17NO5/c1-4-15-9(13)6-11(7-12)8(3)10(14)16-5-2/h7-8H,4-6H2,1-3H3. The summed E-state index contributed by atoms with van der Waals surface area (Å²) < 4.78 is 9.41. The van der Waals surface area contributed by atoms with Gasteiger partial charge < -0.3 is 14.4 Å². The molecule has 6 heteroatoms. The van der Waals surface area contributed by atoms with Crippen LogP contribution in [0.2, 0.25) is 0 Å². The van der Waals surface area contributed by atoms with Gasteiger partial charge in [-0.05, 0) is 20.8 Å². The summed E-state index contributed by atoms with van der Waals surface area (Å²) in [5.41, 5.74) is 0. The maximum atomic E-state index is 11.3. The summed E-state index contributed by atoms with van der Waals surface area (Å²) in [7, 11) is 0. The quantitative estimate of drug-likeness (QED) is 0.454. The number of rotatable bonds is 7. The molecule has 92 valence electrons. The van der Waals surface area contributed by atoms with E-state index in [2.05, 4.69) is 4.74 Å². The number of nitrogens with zero attached hydrogens (tertiary/aromatic N) is 1. The Morgan fingerprint density at radius 3 is 2.25 bits per heavy atom. The summed E-state index contributed by atoms with van der Waals surface area (Å²) in [5.74, 6) is -1.09. The van der Waals surface area contributed by atoms with E-state index in [9.17, 15) is 14.4 Å². The van der Waals surface area contributed by atoms with E-state index in [0.29, 0.717) is 6.41 Å². The fraction of sp³-hybridized carbons (Fsp3) is 0.700. The summed E-state index contributed by atoms with van der Waals surface area (Å²) in [5, 5.41) is 0. The van der Waals surface area contributed by atoms with E-state index in [0.717, 1.165) is 4.90 Å². The van der Waals surface area contributed by atoms with Crippen molar-refractivity contribution in [2.45, 2.75) is 26.8 Å². The third kappa shape index (κ3) is 4.77. The first-order valence-corrected chi connectivity index (χ1v) is 5.10. The number of esters is 2. The zero-order valence-electron chi connectivity index (χ0n) is 9.76. The molecule has 0 aliphatic rings. The number of carbonyl (C=O) groups is 3. The molecule has 0 bridgehead atoms. The maximum Gasteiger partial charge on any atom is 0.328 e. The zero-order chi connectivity index (χ0) is 12.6. The maximum absolute atomic E-state index is 11.3. The molecule has 0 heterocycles. The predicted molar refractivity (Wildman–Crippen MR) is 55.5 cm³/mol. The summed E-state index contributed by atoms with van der Waals surface area (Å²) in [6.07, 6.45) is 0.429. The van der Waals surface area contributed by atoms with Gasteiger partial charge in [-0.3, -0.25) is 9.59 Å². The first-order chi connectivity index (χ1) is 7.56. The van der Waals surface area contributed by atoms with Crippen LogP contribution in [-0.4, -0.2) is 49.0 Å². The van der Waals surface area contributed by atoms with Crippen LogP contribution < -0.4 is 0 Å². The van der Waals surface area contributed by atoms with E-state index in [1.807, 2.05) is 0 Å². The van der Waals surface area contributed by atoms with Crippen molar-refractivity contribution in [3.05, 3.63) is 0 Å². The van der Waals surface area contributed by atoms with Gasteiger partial charge in [0.1, 0.15) is 12.6 Å². The fourth-order valence-corrected chi connectivity index (χ4v) is 1.02. The van der Waals surface area contributed by atoms with Gasteiger partial charge in [0.15, 0.2) is 0 Å². The molecule has 0 radical (unpaired) electrons. The molecule has 0 N–H and O–H groups in total. The van der Waals surface area contributed by atoms with Gasteiger partial charge in [-0.15, -0.1) is 0 Å². The largest absolute Gasteiger partial charge is 0.465 e. The molecule has 0 aromatic carbocycles. The third-order valence-corrected chi connectivity index (χ3v) is 1.88. The van der Waals surface area contributed by atoms with Gasteiger partial charge in [0.05, 0.1) is 13.2 Å². The minimum absolute atomic E-state index is 0.231. The van der Waals surface area contributed by atoms with Crippen LogP contribution in [0.5, 0.6) is 0 Å². The Bertz CT molecular complexity index is 254. The van der Waals surface area contributed by atoms with Crippen molar-refractivity contribution in [2.75, 3.05) is 19.8 Å². The van der Waals surface area contributed by atoms with Crippen molar-refractivity contribution in [1.29, 1.82) is 0 Å². The van der Waals surface area contributed by atoms with Crippen LogP contribution in [0.4, 0.5) is 0 Å². The monoisotopic (exact) mass is 231 g/mol. The Balaban J connectivity index is 4.31. The highest BCUT2D eigenvalue weighted by Crippen LogP contribution is 1.99. The van der Waals surface area contributed by atoms with Gasteiger partial charge >= 0.3 is 11.9 Å². The van der Waals surface area contributed by atoms with E-state index in [4.69, 9.17) is 4.74 Å². The van der Waals surface area contributed by atoms with Gasteiger partial charge in [-0.2, -0.15) is 0 Å². The lowest BCUT2D eigenvalue weighted by molar-refractivity contribution is -0.155. The molecule has 0 fully saturated rings. The predicted octanol–water partition coefficient (Wildman–Crippen LogP) is -0.0405. The lowest BCUT2D eigenvalue weighted by Gasteiger charge is -2.22. The van der Waals surface area contributed by atoms with Crippen molar-refractivity contribution in [2.24, 2.45) is 0 Å². The zero-order valence-corrected chi connectivity index (χ0v) is 9.76. The first-order valence-electron chi connectivity index (χ1n) is 5.10. The van der Waals surface area contributed by atoms with E-state index in [1.54, 1.807) is 13.8 Å². The molecular weight excluding hydrogens is 214 g/mol. The van der Waals surface area contributed by atoms with E-state index in [-0.39, 0.29) is 19.8 Å². The molecule has 0 aromatic heterocycles. The van der Waals surface area contributed by atoms with Crippen molar-refractivity contribution >= 4 is 18.3 Å². The highest BCUT2D eigenvalue weighted by Gasteiger charge is 2.23. The first kappa shape index (κ1) is 14.4. The molecule has 6 nitrogen and oxygen atoms in total. The fourth-order valence-electron chi connectivity index (χ4n) is 1.02. The van der Waals surface area contributed by atoms with Crippen LogP contribution in [0.25, 0.3) is 0 Å². The summed E-state index contributed by atoms with van der Waals surface area (Å²) >= 11 is 0. The van der Waals surface area contributed by atoms with Crippen LogP contribution in [0, 0.1) is 0 Å². The Hall–Kier alpha value is -1.59. The summed E-state index contributed by atoms with van der Waals surface area (Å²) in [6, 6.07) is -0.790. The van der Waals surface area contributed by atoms with Crippen LogP contribution in [0.1, 0.15) is 20.8 Å². The third-order valence-electron chi connectivity index (χ3n) is 1.88. The highest BCUT2D eigenvalue weighted by atomic mass is 16.5. The second-order valence-corrected chi connectivity index (χ2v) is 3.01. The van der Waals surface area contributed by atoms with Gasteiger partial charge in [0.2, 0.25) is 6.41 Å². The minimum atomic E-state index is -0.790. The molecule has 0 spiro atoms. The molecule has 0 aromatic rings. The SMILES string of the molecule is CCOC(=O)CN(C=O)C(C)C(=O)OCC. The van der Waals surface area contributed by atoms with Crippen LogP contribution in [0.3, 0.4) is 0 Å². The summed E-state index contributed by atoms with van der Waals surface area (Å²) in [6.45, 7) is 5.04. The Morgan fingerprint density at radius 1 is 1.25 bits per heavy atom. The molecule has 1 unspecified atom stereocenters. The average molecular weight is 231 g/mol. The van der Waals surface area contributed by atoms with E-state index >= 15 is 0 Å². The highest BCUT2D eigenvalue weighted by molar-refractivity contribution is 5.81. The number of hydrogen-bond donors (Lipinski definition) is 0. The summed E-state index contributed by atoms with van der Waals surface area (Å²) in [4.78, 5) is 34.2.